The number of nitrogens with one attached hydrogen (secondary N) is 1. The van der Waals surface area contributed by atoms with Gasteiger partial charge in [-0.3, -0.25) is 0 Å². The molecule has 0 spiro atoms. The third-order valence-electron chi connectivity index (χ3n) is 1.98. The number of ether oxygens (including phenoxy) is 2. The highest BCUT2D eigenvalue weighted by Gasteiger charge is 2.15. The number of carbonyl (C=O) groups excluding carboxylic acids is 1. The molecule has 104 valence electrons. The lowest BCUT2D eigenvalue weighted by Crippen LogP contribution is -2.29. The molecule has 1 N–H and O–H groups in total. The number of carbonyl (C=O) groups is 1. The maximum atomic E-state index is 11.4. The molecule has 0 aromatic heterocycles. The Hall–Kier alpha value is -2.04. The molecule has 0 unspecified atom stereocenters. The monoisotopic (exact) mass is 264 g/mol. The van der Waals surface area contributed by atoms with E-state index in [0.717, 1.165) is 11.3 Å². The molecule has 0 aliphatic rings. The second kappa shape index (κ2) is 6.78. The molecule has 0 atom stereocenters. The number of hydrazone groups is 1. The molecule has 0 heterocycles. The first-order valence-corrected chi connectivity index (χ1v) is 6.16. The third-order valence-corrected chi connectivity index (χ3v) is 1.98. The average Bonchev–Trinajstić information content (AvgIpc) is 2.29. The van der Waals surface area contributed by atoms with E-state index in [0.29, 0.717) is 6.61 Å². The minimum atomic E-state index is -0.586. The number of rotatable bonds is 4. The van der Waals surface area contributed by atoms with Crippen LogP contribution in [0, 0.1) is 0 Å². The minimum Gasteiger partial charge on any atom is -0.493 e. The molecule has 19 heavy (non-hydrogen) atoms. The predicted octanol–water partition coefficient (Wildman–Crippen LogP) is 2.94. The van der Waals surface area contributed by atoms with E-state index in [9.17, 15) is 4.79 Å². The van der Waals surface area contributed by atoms with E-state index in [1.807, 2.05) is 31.2 Å². The zero-order chi connectivity index (χ0) is 14.3. The Morgan fingerprint density at radius 2 is 2.05 bits per heavy atom. The van der Waals surface area contributed by atoms with Crippen LogP contribution in [-0.4, -0.2) is 24.5 Å². The highest BCUT2D eigenvalue weighted by Crippen LogP contribution is 2.15. The fraction of sp³-hybridized carbons (Fsp3) is 0.429. The van der Waals surface area contributed by atoms with Crippen LogP contribution in [0.1, 0.15) is 33.3 Å². The molecule has 1 rings (SSSR count). The number of para-hydroxylation sites is 1. The van der Waals surface area contributed by atoms with Gasteiger partial charge in [0.1, 0.15) is 11.4 Å². The Balaban J connectivity index is 2.60. The SMILES string of the molecule is CCOc1ccccc1/C=N\NC(=O)OC(C)(C)C. The summed E-state index contributed by atoms with van der Waals surface area (Å²) in [4.78, 5) is 11.4. The maximum absolute atomic E-state index is 11.4. The summed E-state index contributed by atoms with van der Waals surface area (Å²) in [5.41, 5.74) is 2.56. The highest BCUT2D eigenvalue weighted by atomic mass is 16.6. The van der Waals surface area contributed by atoms with Crippen molar-refractivity contribution in [3.05, 3.63) is 29.8 Å². The Labute approximate surface area is 113 Å². The standard InChI is InChI=1S/C14H20N2O3/c1-5-18-12-9-7-6-8-11(12)10-15-16-13(17)19-14(2,3)4/h6-10H,5H2,1-4H3,(H,16,17)/b15-10-. The van der Waals surface area contributed by atoms with Gasteiger partial charge in [0.15, 0.2) is 0 Å². The molecule has 0 aliphatic carbocycles. The van der Waals surface area contributed by atoms with Gasteiger partial charge in [0.25, 0.3) is 0 Å². The Morgan fingerprint density at radius 3 is 2.68 bits per heavy atom. The molecule has 5 nitrogen and oxygen atoms in total. The molecule has 0 fully saturated rings. The Bertz CT molecular complexity index is 450. The molecule has 0 saturated carbocycles. The number of hydrogen-bond acceptors (Lipinski definition) is 4. The molecule has 0 radical (unpaired) electrons. The first kappa shape index (κ1) is 15.0. The van der Waals surface area contributed by atoms with Crippen molar-refractivity contribution in [1.82, 2.24) is 5.43 Å². The lowest BCUT2D eigenvalue weighted by atomic mass is 10.2. The summed E-state index contributed by atoms with van der Waals surface area (Å²) in [6, 6.07) is 7.45. The van der Waals surface area contributed by atoms with Gasteiger partial charge in [-0.1, -0.05) is 12.1 Å². The normalized spacial score (nSPS) is 11.4. The van der Waals surface area contributed by atoms with Crippen LogP contribution < -0.4 is 10.2 Å². The summed E-state index contributed by atoms with van der Waals surface area (Å²) in [6.07, 6.45) is 0.937. The van der Waals surface area contributed by atoms with Gasteiger partial charge >= 0.3 is 6.09 Å². The molecule has 0 bridgehead atoms. The van der Waals surface area contributed by atoms with E-state index in [1.54, 1.807) is 20.8 Å². The van der Waals surface area contributed by atoms with Gasteiger partial charge < -0.3 is 9.47 Å². The third kappa shape index (κ3) is 5.90. The first-order valence-electron chi connectivity index (χ1n) is 6.16. The van der Waals surface area contributed by atoms with Crippen LogP contribution in [0.4, 0.5) is 4.79 Å². The van der Waals surface area contributed by atoms with Crippen molar-refractivity contribution in [2.24, 2.45) is 5.10 Å². The number of nitrogens with zero attached hydrogens (tertiary/aromatic N) is 1. The van der Waals surface area contributed by atoms with E-state index >= 15 is 0 Å². The molecule has 1 amide bonds. The molecular weight excluding hydrogens is 244 g/mol. The summed E-state index contributed by atoms with van der Waals surface area (Å²) in [5, 5.41) is 3.84. The van der Waals surface area contributed by atoms with Crippen molar-refractivity contribution >= 4 is 12.3 Å². The van der Waals surface area contributed by atoms with Crippen molar-refractivity contribution in [3.8, 4) is 5.75 Å². The number of hydrogen-bond donors (Lipinski definition) is 1. The van der Waals surface area contributed by atoms with Gasteiger partial charge in [-0.05, 0) is 39.8 Å². The quantitative estimate of drug-likeness (QED) is 0.672. The van der Waals surface area contributed by atoms with Crippen LogP contribution >= 0.6 is 0 Å². The van der Waals surface area contributed by atoms with Gasteiger partial charge in [-0.2, -0.15) is 5.10 Å². The van der Waals surface area contributed by atoms with Crippen LogP contribution in [0.15, 0.2) is 29.4 Å². The maximum Gasteiger partial charge on any atom is 0.428 e. The molecule has 0 aliphatic heterocycles. The van der Waals surface area contributed by atoms with Gasteiger partial charge in [0.05, 0.1) is 12.8 Å². The summed E-state index contributed by atoms with van der Waals surface area (Å²) >= 11 is 0. The van der Waals surface area contributed by atoms with E-state index in [-0.39, 0.29) is 0 Å². The summed E-state index contributed by atoms with van der Waals surface area (Å²) in [5.74, 6) is 0.722. The lowest BCUT2D eigenvalue weighted by Gasteiger charge is -2.18. The van der Waals surface area contributed by atoms with Crippen LogP contribution in [0.3, 0.4) is 0 Å². The van der Waals surface area contributed by atoms with E-state index in [2.05, 4.69) is 10.5 Å². The first-order chi connectivity index (χ1) is 8.92. The minimum absolute atomic E-state index is 0.539. The zero-order valence-electron chi connectivity index (χ0n) is 11.8. The average molecular weight is 264 g/mol. The fourth-order valence-electron chi connectivity index (χ4n) is 1.33. The summed E-state index contributed by atoms with van der Waals surface area (Å²) in [6.45, 7) is 7.86. The van der Waals surface area contributed by atoms with Gasteiger partial charge in [-0.25, -0.2) is 10.2 Å². The van der Waals surface area contributed by atoms with E-state index in [4.69, 9.17) is 9.47 Å². The summed E-state index contributed by atoms with van der Waals surface area (Å²) < 4.78 is 10.5. The topological polar surface area (TPSA) is 59.9 Å². The smallest absolute Gasteiger partial charge is 0.428 e. The van der Waals surface area contributed by atoms with Gasteiger partial charge in [0.2, 0.25) is 0 Å². The Morgan fingerprint density at radius 1 is 1.37 bits per heavy atom. The molecular formula is C14H20N2O3. The molecule has 5 heteroatoms. The van der Waals surface area contributed by atoms with E-state index in [1.165, 1.54) is 6.21 Å². The van der Waals surface area contributed by atoms with E-state index < -0.39 is 11.7 Å². The fourth-order valence-corrected chi connectivity index (χ4v) is 1.33. The molecule has 1 aromatic rings. The van der Waals surface area contributed by atoms with Crippen LogP contribution in [-0.2, 0) is 4.74 Å². The van der Waals surface area contributed by atoms with Crippen molar-refractivity contribution in [2.75, 3.05) is 6.61 Å². The van der Waals surface area contributed by atoms with Crippen molar-refractivity contribution in [1.29, 1.82) is 0 Å². The van der Waals surface area contributed by atoms with Crippen LogP contribution in [0.2, 0.25) is 0 Å². The van der Waals surface area contributed by atoms with Gasteiger partial charge in [-0.15, -0.1) is 0 Å². The summed E-state index contributed by atoms with van der Waals surface area (Å²) in [7, 11) is 0. The zero-order valence-corrected chi connectivity index (χ0v) is 11.8. The Kier molecular flexibility index (Phi) is 5.36. The van der Waals surface area contributed by atoms with Crippen LogP contribution in [0.25, 0.3) is 0 Å². The number of benzene rings is 1. The van der Waals surface area contributed by atoms with Crippen LogP contribution in [0.5, 0.6) is 5.75 Å². The van der Waals surface area contributed by atoms with Gasteiger partial charge in [0, 0.05) is 5.56 Å². The predicted molar refractivity (Wildman–Crippen MR) is 74.6 cm³/mol. The lowest BCUT2D eigenvalue weighted by molar-refractivity contribution is 0.0529. The molecule has 0 saturated heterocycles. The van der Waals surface area contributed by atoms with Crippen molar-refractivity contribution in [2.45, 2.75) is 33.3 Å². The second-order valence-corrected chi connectivity index (χ2v) is 4.84. The largest absolute Gasteiger partial charge is 0.493 e. The second-order valence-electron chi connectivity index (χ2n) is 4.84. The van der Waals surface area contributed by atoms with Crippen molar-refractivity contribution < 1.29 is 14.3 Å². The highest BCUT2D eigenvalue weighted by molar-refractivity contribution is 5.84. The van der Waals surface area contributed by atoms with Crippen molar-refractivity contribution in [3.63, 3.8) is 0 Å². The molecule has 1 aromatic carbocycles. The number of amides is 1.